The van der Waals surface area contributed by atoms with Gasteiger partial charge in [-0.05, 0) is 42.5 Å². The Morgan fingerprint density at radius 1 is 0.537 bits per heavy atom. The van der Waals surface area contributed by atoms with Crippen molar-refractivity contribution < 1.29 is 50.6 Å². The number of hydrogen-bond acceptors (Lipinski definition) is 5. The van der Waals surface area contributed by atoms with E-state index in [1.807, 2.05) is 97.1 Å². The summed E-state index contributed by atoms with van der Waals surface area (Å²) in [7, 11) is -5.75. The van der Waals surface area contributed by atoms with E-state index in [9.17, 15) is 46.0 Å². The van der Waals surface area contributed by atoms with Gasteiger partial charge < -0.3 is 14.7 Å². The van der Waals surface area contributed by atoms with Gasteiger partial charge in [0.25, 0.3) is 0 Å². The van der Waals surface area contributed by atoms with Crippen LogP contribution in [0.15, 0.2) is 140 Å². The largest absolute Gasteiger partial charge is 0.860 e. The zero-order valence-corrected chi connectivity index (χ0v) is 31.8. The molecule has 0 amide bonds. The summed E-state index contributed by atoms with van der Waals surface area (Å²) in [4.78, 5) is 24.5. The summed E-state index contributed by atoms with van der Waals surface area (Å²) in [6.07, 6.45) is -8.83. The predicted molar refractivity (Wildman–Crippen MR) is 204 cm³/mol. The SMILES string of the molecule is C[P+](C)(CC(=O)c1ccccc1)c1ccccc1.C[P+](C)(CC(=O)c1ccccc1)c1ccccc1.[O-]B([O-])Oc1cc(C(F)(F)F)cc(C(F)(F)F)c1. The van der Waals surface area contributed by atoms with Gasteiger partial charge in [0.1, 0.15) is 19.6 Å². The number of rotatable bonds is 10. The molecular formula is C40H39BF6O5P2. The van der Waals surface area contributed by atoms with Crippen LogP contribution in [-0.2, 0) is 12.4 Å². The molecule has 14 heteroatoms. The summed E-state index contributed by atoms with van der Waals surface area (Å²) in [5, 5.41) is 22.8. The fraction of sp³-hybridized carbons (Fsp3) is 0.200. The number of carbonyl (C=O) groups excluding carboxylic acids is 2. The number of hydrogen-bond donors (Lipinski definition) is 0. The van der Waals surface area contributed by atoms with Gasteiger partial charge in [-0.15, -0.1) is 0 Å². The maximum atomic E-state index is 12.3. The van der Waals surface area contributed by atoms with Crippen LogP contribution in [0, 0.1) is 0 Å². The van der Waals surface area contributed by atoms with Crippen molar-refractivity contribution in [2.45, 2.75) is 12.4 Å². The van der Waals surface area contributed by atoms with Crippen molar-refractivity contribution in [2.24, 2.45) is 0 Å². The van der Waals surface area contributed by atoms with Gasteiger partial charge in [0, 0.05) is 25.7 Å². The second-order valence-electron chi connectivity index (χ2n) is 13.1. The van der Waals surface area contributed by atoms with E-state index in [-0.39, 0.29) is 29.8 Å². The van der Waals surface area contributed by atoms with Crippen molar-refractivity contribution in [3.05, 3.63) is 162 Å². The Morgan fingerprint density at radius 2 is 0.833 bits per heavy atom. The first-order valence-corrected chi connectivity index (χ1v) is 22.1. The average Bonchev–Trinajstić information content (AvgIpc) is 3.12. The van der Waals surface area contributed by atoms with Crippen LogP contribution in [0.1, 0.15) is 31.8 Å². The molecular weight excluding hydrogens is 747 g/mol. The quantitative estimate of drug-likeness (QED) is 0.0626. The van der Waals surface area contributed by atoms with Gasteiger partial charge in [0.2, 0.25) is 0 Å². The molecule has 0 aliphatic carbocycles. The van der Waals surface area contributed by atoms with Crippen molar-refractivity contribution in [2.75, 3.05) is 39.0 Å². The Balaban J connectivity index is 0.000000218. The van der Waals surface area contributed by atoms with Crippen LogP contribution in [0.25, 0.3) is 0 Å². The molecule has 0 atom stereocenters. The fourth-order valence-electron chi connectivity index (χ4n) is 5.10. The first-order valence-electron chi connectivity index (χ1n) is 16.4. The molecule has 5 aromatic carbocycles. The topological polar surface area (TPSA) is 89.5 Å². The Kier molecular flexibility index (Phi) is 15.8. The lowest BCUT2D eigenvalue weighted by Gasteiger charge is -2.27. The smallest absolute Gasteiger partial charge is 0.416 e. The van der Waals surface area contributed by atoms with Gasteiger partial charge in [-0.1, -0.05) is 97.1 Å². The van der Waals surface area contributed by atoms with Crippen molar-refractivity contribution in [3.8, 4) is 5.75 Å². The number of Topliss-reactive ketones (excluding diaryl/α,β-unsaturated/α-hetero) is 2. The molecule has 0 bridgehead atoms. The van der Waals surface area contributed by atoms with Crippen LogP contribution >= 0.6 is 14.5 Å². The van der Waals surface area contributed by atoms with Crippen LogP contribution in [0.3, 0.4) is 0 Å². The highest BCUT2D eigenvalue weighted by atomic mass is 31.2. The number of benzene rings is 5. The minimum Gasteiger partial charge on any atom is -0.860 e. The first-order chi connectivity index (χ1) is 25.2. The lowest BCUT2D eigenvalue weighted by Crippen LogP contribution is -2.50. The van der Waals surface area contributed by atoms with E-state index in [0.717, 1.165) is 11.1 Å². The monoisotopic (exact) mass is 786 g/mol. The summed E-state index contributed by atoms with van der Waals surface area (Å²) < 4.78 is 77.5. The second kappa shape index (κ2) is 19.3. The lowest BCUT2D eigenvalue weighted by molar-refractivity contribution is -0.372. The molecule has 5 nitrogen and oxygen atoms in total. The van der Waals surface area contributed by atoms with Crippen molar-refractivity contribution in [1.29, 1.82) is 0 Å². The van der Waals surface area contributed by atoms with Crippen LogP contribution < -0.4 is 25.3 Å². The summed E-state index contributed by atoms with van der Waals surface area (Å²) in [5.74, 6) is -0.581. The van der Waals surface area contributed by atoms with Gasteiger partial charge in [-0.25, -0.2) is 0 Å². The fourth-order valence-corrected chi connectivity index (χ4v) is 9.22. The van der Waals surface area contributed by atoms with Crippen LogP contribution in [0.2, 0.25) is 0 Å². The summed E-state index contributed by atoms with van der Waals surface area (Å²) >= 11 is 0. The molecule has 284 valence electrons. The van der Waals surface area contributed by atoms with E-state index in [1.165, 1.54) is 10.6 Å². The van der Waals surface area contributed by atoms with E-state index >= 15 is 0 Å². The summed E-state index contributed by atoms with van der Waals surface area (Å²) in [5.41, 5.74) is -1.68. The summed E-state index contributed by atoms with van der Waals surface area (Å²) in [6, 6.07) is 40.0. The third kappa shape index (κ3) is 14.1. The molecule has 54 heavy (non-hydrogen) atoms. The molecule has 0 spiro atoms. The number of halogens is 6. The van der Waals surface area contributed by atoms with Crippen molar-refractivity contribution in [1.82, 2.24) is 0 Å². The number of ketones is 2. The highest BCUT2D eigenvalue weighted by Crippen LogP contribution is 2.50. The number of carbonyl (C=O) groups is 2. The molecule has 0 saturated heterocycles. The zero-order valence-electron chi connectivity index (χ0n) is 30.0. The van der Waals surface area contributed by atoms with Gasteiger partial charge in [0.15, 0.2) is 11.6 Å². The van der Waals surface area contributed by atoms with Crippen molar-refractivity contribution >= 4 is 44.0 Å². The van der Waals surface area contributed by atoms with Crippen LogP contribution in [-0.4, -0.2) is 57.9 Å². The van der Waals surface area contributed by atoms with E-state index in [4.69, 9.17) is 0 Å². The van der Waals surface area contributed by atoms with Gasteiger partial charge >= 0.3 is 12.4 Å². The second-order valence-corrected chi connectivity index (χ2v) is 21.5. The predicted octanol–water partition coefficient (Wildman–Crippen LogP) is 7.75. The Hall–Kier alpha value is -4.34. The molecule has 0 aromatic heterocycles. The maximum Gasteiger partial charge on any atom is 0.416 e. The van der Waals surface area contributed by atoms with E-state index < -0.39 is 51.1 Å². The average molecular weight is 786 g/mol. The maximum absolute atomic E-state index is 12.3. The van der Waals surface area contributed by atoms with E-state index in [1.54, 1.807) is 0 Å². The molecule has 0 saturated carbocycles. The Morgan fingerprint density at radius 3 is 1.11 bits per heavy atom. The zero-order chi connectivity index (χ0) is 40.2. The van der Waals surface area contributed by atoms with Crippen LogP contribution in [0.5, 0.6) is 5.75 Å². The van der Waals surface area contributed by atoms with Gasteiger partial charge in [0.05, 0.1) is 54.1 Å². The molecule has 0 aliphatic rings. The molecule has 5 aromatic rings. The van der Waals surface area contributed by atoms with Crippen molar-refractivity contribution in [3.63, 3.8) is 0 Å². The Labute approximate surface area is 312 Å². The minimum atomic E-state index is -5.05. The molecule has 0 N–H and O–H groups in total. The normalized spacial score (nSPS) is 11.6. The third-order valence-corrected chi connectivity index (χ3v) is 13.5. The standard InChI is InChI=1S/2C16H18OP.C8H3BF6O3/c2*1-18(2,15-11-7-4-8-12-15)13-16(17)14-9-5-3-6-10-14;10-7(11,12)4-1-5(8(13,14)15)3-6(2-4)18-9(16)17/h2*3-12H,13H2,1-2H3;1-3H/q2*+1;-2. The lowest BCUT2D eigenvalue weighted by atomic mass is 10.1. The molecule has 0 aliphatic heterocycles. The van der Waals surface area contributed by atoms with Crippen LogP contribution in [0.4, 0.5) is 26.3 Å². The summed E-state index contributed by atoms with van der Waals surface area (Å²) in [6.45, 7) is 8.90. The van der Waals surface area contributed by atoms with E-state index in [2.05, 4.69) is 55.6 Å². The number of alkyl halides is 6. The van der Waals surface area contributed by atoms with Gasteiger partial charge in [-0.2, -0.15) is 26.3 Å². The molecule has 0 unspecified atom stereocenters. The highest BCUT2D eigenvalue weighted by molar-refractivity contribution is 7.82. The molecule has 0 radical (unpaired) electrons. The molecule has 0 fully saturated rings. The highest BCUT2D eigenvalue weighted by Gasteiger charge is 2.37. The first kappa shape index (κ1) is 44.1. The minimum absolute atomic E-state index is 0.141. The van der Waals surface area contributed by atoms with Gasteiger partial charge in [-0.3, -0.25) is 9.59 Å². The third-order valence-electron chi connectivity index (χ3n) is 7.97. The van der Waals surface area contributed by atoms with E-state index in [0.29, 0.717) is 12.3 Å². The molecule has 0 heterocycles. The Bertz CT molecular complexity index is 1790. The molecule has 5 rings (SSSR count).